The predicted molar refractivity (Wildman–Crippen MR) is 77.8 cm³/mol. The van der Waals surface area contributed by atoms with Gasteiger partial charge >= 0.3 is 5.97 Å². The zero-order valence-corrected chi connectivity index (χ0v) is 12.2. The monoisotopic (exact) mass is 270 g/mol. The number of carbonyl (C=O) groups is 1. The second-order valence-corrected chi connectivity index (χ2v) is 5.13. The van der Waals surface area contributed by atoms with Crippen LogP contribution in [0.25, 0.3) is 11.3 Å². The topological polar surface area (TPSA) is 63.1 Å². The van der Waals surface area contributed by atoms with Gasteiger partial charge in [0, 0.05) is 11.3 Å². The van der Waals surface area contributed by atoms with Crippen molar-refractivity contribution in [2.45, 2.75) is 34.1 Å². The van der Waals surface area contributed by atoms with Crippen molar-refractivity contribution >= 4 is 5.97 Å². The zero-order chi connectivity index (χ0) is 14.9. The molecule has 1 heterocycles. The molecule has 0 radical (unpaired) electrons. The van der Waals surface area contributed by atoms with E-state index < -0.39 is 5.97 Å². The third-order valence-corrected chi connectivity index (χ3v) is 3.33. The molecule has 20 heavy (non-hydrogen) atoms. The summed E-state index contributed by atoms with van der Waals surface area (Å²) >= 11 is 0. The molecule has 4 heteroatoms. The Bertz CT molecular complexity index is 678. The summed E-state index contributed by atoms with van der Waals surface area (Å²) in [6.07, 6.45) is -0.154. The number of nitrogens with zero attached hydrogens (tertiary/aromatic N) is 2. The predicted octanol–water partition coefficient (Wildman–Crippen LogP) is 3.00. The number of benzene rings is 1. The van der Waals surface area contributed by atoms with E-state index in [1.54, 1.807) is 0 Å². The minimum absolute atomic E-state index is 0.154. The molecule has 0 bridgehead atoms. The molecule has 0 atom stereocenters. The van der Waals surface area contributed by atoms with Crippen LogP contribution in [0.4, 0.5) is 0 Å². The molecule has 4 nitrogen and oxygen atoms in total. The Morgan fingerprint density at radius 1 is 1.00 bits per heavy atom. The SMILES string of the molecule is Cc1cc(-c2cc(C)c(C)cc2C)nc(CC(=O)O)n1. The highest BCUT2D eigenvalue weighted by Gasteiger charge is 2.11. The molecule has 104 valence electrons. The van der Waals surface area contributed by atoms with Crippen LogP contribution in [0.2, 0.25) is 0 Å². The first-order valence-corrected chi connectivity index (χ1v) is 6.51. The second-order valence-electron chi connectivity index (χ2n) is 5.13. The lowest BCUT2D eigenvalue weighted by Crippen LogP contribution is -2.07. The number of aliphatic carboxylic acids is 1. The molecule has 0 fully saturated rings. The van der Waals surface area contributed by atoms with Gasteiger partial charge in [-0.2, -0.15) is 0 Å². The highest BCUT2D eigenvalue weighted by molar-refractivity contribution is 5.70. The van der Waals surface area contributed by atoms with E-state index in [9.17, 15) is 4.79 Å². The number of hydrogen-bond acceptors (Lipinski definition) is 3. The Morgan fingerprint density at radius 2 is 1.65 bits per heavy atom. The molecular formula is C16H18N2O2. The van der Waals surface area contributed by atoms with Crippen molar-refractivity contribution in [2.75, 3.05) is 0 Å². The van der Waals surface area contributed by atoms with E-state index in [2.05, 4.69) is 35.9 Å². The molecule has 0 spiro atoms. The number of rotatable bonds is 3. The maximum Gasteiger partial charge on any atom is 0.311 e. The van der Waals surface area contributed by atoms with Crippen molar-refractivity contribution in [3.05, 3.63) is 46.4 Å². The van der Waals surface area contributed by atoms with Crippen LogP contribution in [0.15, 0.2) is 18.2 Å². The number of carboxylic acid groups (broad SMARTS) is 1. The molecule has 0 aliphatic heterocycles. The molecule has 1 N–H and O–H groups in total. The van der Waals surface area contributed by atoms with E-state index in [4.69, 9.17) is 5.11 Å². The first-order valence-electron chi connectivity index (χ1n) is 6.51. The quantitative estimate of drug-likeness (QED) is 0.931. The smallest absolute Gasteiger partial charge is 0.311 e. The lowest BCUT2D eigenvalue weighted by atomic mass is 9.98. The number of aryl methyl sites for hydroxylation is 4. The van der Waals surface area contributed by atoms with E-state index in [0.29, 0.717) is 5.82 Å². The average Bonchev–Trinajstić information content (AvgIpc) is 2.32. The fraction of sp³-hybridized carbons (Fsp3) is 0.312. The molecule has 1 aromatic carbocycles. The van der Waals surface area contributed by atoms with E-state index in [0.717, 1.165) is 22.5 Å². The summed E-state index contributed by atoms with van der Waals surface area (Å²) in [7, 11) is 0. The maximum atomic E-state index is 10.8. The van der Waals surface area contributed by atoms with Crippen LogP contribution < -0.4 is 0 Å². The van der Waals surface area contributed by atoms with E-state index in [1.807, 2.05) is 19.9 Å². The molecule has 0 amide bonds. The standard InChI is InChI=1S/C16H18N2O2/c1-9-5-11(3)13(6-10(9)2)14-7-12(4)17-15(18-14)8-16(19)20/h5-7H,8H2,1-4H3,(H,19,20). The molecular weight excluding hydrogens is 252 g/mol. The van der Waals surface area contributed by atoms with Crippen molar-refractivity contribution in [3.8, 4) is 11.3 Å². The molecule has 0 saturated heterocycles. The van der Waals surface area contributed by atoms with Crippen LogP contribution in [-0.2, 0) is 11.2 Å². The minimum atomic E-state index is -0.918. The maximum absolute atomic E-state index is 10.8. The second kappa shape index (κ2) is 5.41. The Labute approximate surface area is 118 Å². The van der Waals surface area contributed by atoms with Crippen molar-refractivity contribution < 1.29 is 9.90 Å². The van der Waals surface area contributed by atoms with Gasteiger partial charge in [-0.25, -0.2) is 9.97 Å². The van der Waals surface area contributed by atoms with E-state index in [1.165, 1.54) is 11.1 Å². The van der Waals surface area contributed by atoms with Crippen LogP contribution in [0, 0.1) is 27.7 Å². The number of hydrogen-bond donors (Lipinski definition) is 1. The van der Waals surface area contributed by atoms with Gasteiger partial charge in [0.15, 0.2) is 0 Å². The number of aromatic nitrogens is 2. The van der Waals surface area contributed by atoms with Crippen molar-refractivity contribution in [3.63, 3.8) is 0 Å². The van der Waals surface area contributed by atoms with Gasteiger partial charge in [0.2, 0.25) is 0 Å². The van der Waals surface area contributed by atoms with Gasteiger partial charge in [-0.05, 0) is 56.5 Å². The van der Waals surface area contributed by atoms with Crippen LogP contribution in [0.1, 0.15) is 28.2 Å². The fourth-order valence-corrected chi connectivity index (χ4v) is 2.22. The Balaban J connectivity index is 2.55. The lowest BCUT2D eigenvalue weighted by Gasteiger charge is -2.11. The molecule has 0 aliphatic carbocycles. The van der Waals surface area contributed by atoms with Gasteiger partial charge in [-0.15, -0.1) is 0 Å². The summed E-state index contributed by atoms with van der Waals surface area (Å²) in [6, 6.07) is 6.11. The van der Waals surface area contributed by atoms with Crippen molar-refractivity contribution in [1.82, 2.24) is 9.97 Å². The van der Waals surface area contributed by atoms with Crippen molar-refractivity contribution in [1.29, 1.82) is 0 Å². The molecule has 0 saturated carbocycles. The molecule has 1 aromatic heterocycles. The van der Waals surface area contributed by atoms with Crippen molar-refractivity contribution in [2.24, 2.45) is 0 Å². The van der Waals surface area contributed by atoms with Crippen LogP contribution in [0.3, 0.4) is 0 Å². The van der Waals surface area contributed by atoms with Crippen LogP contribution in [-0.4, -0.2) is 21.0 Å². The van der Waals surface area contributed by atoms with E-state index >= 15 is 0 Å². The Hall–Kier alpha value is -2.23. The fourth-order valence-electron chi connectivity index (χ4n) is 2.22. The normalized spacial score (nSPS) is 10.6. The average molecular weight is 270 g/mol. The minimum Gasteiger partial charge on any atom is -0.481 e. The summed E-state index contributed by atoms with van der Waals surface area (Å²) in [5.41, 5.74) is 6.17. The summed E-state index contributed by atoms with van der Waals surface area (Å²) in [5, 5.41) is 8.87. The summed E-state index contributed by atoms with van der Waals surface area (Å²) in [6.45, 7) is 8.03. The Kier molecular flexibility index (Phi) is 3.84. The first kappa shape index (κ1) is 14.2. The summed E-state index contributed by atoms with van der Waals surface area (Å²) in [4.78, 5) is 19.4. The largest absolute Gasteiger partial charge is 0.481 e. The van der Waals surface area contributed by atoms with Gasteiger partial charge in [-0.3, -0.25) is 4.79 Å². The van der Waals surface area contributed by atoms with Gasteiger partial charge in [0.1, 0.15) is 12.2 Å². The van der Waals surface area contributed by atoms with E-state index in [-0.39, 0.29) is 6.42 Å². The highest BCUT2D eigenvalue weighted by Crippen LogP contribution is 2.25. The molecule has 2 aromatic rings. The first-order chi connectivity index (χ1) is 9.36. The molecule has 0 unspecified atom stereocenters. The Morgan fingerprint density at radius 3 is 2.30 bits per heavy atom. The third kappa shape index (κ3) is 3.02. The zero-order valence-electron chi connectivity index (χ0n) is 12.2. The van der Waals surface area contributed by atoms with Gasteiger partial charge < -0.3 is 5.11 Å². The molecule has 2 rings (SSSR count). The van der Waals surface area contributed by atoms with Gasteiger partial charge in [0.05, 0.1) is 5.69 Å². The van der Waals surface area contributed by atoms with Gasteiger partial charge in [-0.1, -0.05) is 6.07 Å². The highest BCUT2D eigenvalue weighted by atomic mass is 16.4. The summed E-state index contributed by atoms with van der Waals surface area (Å²) in [5.74, 6) is -0.566. The van der Waals surface area contributed by atoms with Crippen LogP contribution >= 0.6 is 0 Å². The third-order valence-electron chi connectivity index (χ3n) is 3.33. The van der Waals surface area contributed by atoms with Crippen LogP contribution in [0.5, 0.6) is 0 Å². The molecule has 0 aliphatic rings. The summed E-state index contributed by atoms with van der Waals surface area (Å²) < 4.78 is 0. The van der Waals surface area contributed by atoms with Gasteiger partial charge in [0.25, 0.3) is 0 Å². The number of carboxylic acids is 1. The lowest BCUT2D eigenvalue weighted by molar-refractivity contribution is -0.136.